The number of hydrogen-bond acceptors (Lipinski definition) is 10. The monoisotopic (exact) mass is 788 g/mol. The summed E-state index contributed by atoms with van der Waals surface area (Å²) in [6.07, 6.45) is -1.65. The summed E-state index contributed by atoms with van der Waals surface area (Å²) in [5, 5.41) is 0. The van der Waals surface area contributed by atoms with E-state index in [1.807, 2.05) is 121 Å². The summed E-state index contributed by atoms with van der Waals surface area (Å²) >= 11 is 0. The van der Waals surface area contributed by atoms with Crippen molar-refractivity contribution in [2.45, 2.75) is 126 Å². The zero-order valence-electron chi connectivity index (χ0n) is 32.8. The summed E-state index contributed by atoms with van der Waals surface area (Å²) in [6.45, 7) is 0. The zero-order valence-corrected chi connectivity index (χ0v) is 32.8. The first-order valence-corrected chi connectivity index (χ1v) is 20.6. The van der Waals surface area contributed by atoms with Crippen LogP contribution in [0.3, 0.4) is 0 Å². The molecule has 2 aliphatic carbocycles. The minimum absolute atomic E-state index is 0.000774. The van der Waals surface area contributed by atoms with E-state index in [0.29, 0.717) is 38.5 Å². The molecule has 0 amide bonds. The molecule has 1 aliphatic heterocycles. The standard InChI is InChI=1S/C48H52O10/c49-38(28-24-34-16-6-1-7-17-34)53-42-43(54-39(50)29-25-35-18-8-2-9-19-35)45(56-41(52)31-27-37-22-12-4-13-23-37)47-46(57-48(58-47)32-14-5-15-33-48)44(42)55-40(51)30-26-36-20-10-3-11-21-36/h1-4,6-13,16-23,42-47H,5,14-15,24-33H2/t42?,43?,44-,45+,46?,47?. The van der Waals surface area contributed by atoms with Crippen molar-refractivity contribution in [1.29, 1.82) is 0 Å². The molecule has 10 heteroatoms. The van der Waals surface area contributed by atoms with E-state index in [0.717, 1.165) is 41.5 Å². The summed E-state index contributed by atoms with van der Waals surface area (Å²) in [5.41, 5.74) is 3.79. The van der Waals surface area contributed by atoms with Crippen LogP contribution in [-0.4, -0.2) is 66.3 Å². The third-order valence-electron chi connectivity index (χ3n) is 11.2. The van der Waals surface area contributed by atoms with Gasteiger partial charge in [-0.05, 0) is 60.8 Å². The van der Waals surface area contributed by atoms with Gasteiger partial charge >= 0.3 is 23.9 Å². The Balaban J connectivity index is 1.21. The maximum atomic E-state index is 13.9. The average molecular weight is 789 g/mol. The summed E-state index contributed by atoms with van der Waals surface area (Å²) < 4.78 is 38.7. The summed E-state index contributed by atoms with van der Waals surface area (Å²) in [6, 6.07) is 38.2. The lowest BCUT2D eigenvalue weighted by Crippen LogP contribution is -2.66. The number of rotatable bonds is 16. The lowest BCUT2D eigenvalue weighted by molar-refractivity contribution is -0.236. The van der Waals surface area contributed by atoms with Gasteiger partial charge in [-0.15, -0.1) is 0 Å². The molecule has 1 saturated heterocycles. The van der Waals surface area contributed by atoms with Crippen LogP contribution in [0.5, 0.6) is 0 Å². The molecule has 2 saturated carbocycles. The Labute approximate surface area is 340 Å². The normalized spacial score (nSPS) is 23.3. The van der Waals surface area contributed by atoms with E-state index >= 15 is 0 Å². The smallest absolute Gasteiger partial charge is 0.306 e. The molecule has 0 aromatic heterocycles. The van der Waals surface area contributed by atoms with Crippen molar-refractivity contribution in [3.8, 4) is 0 Å². The van der Waals surface area contributed by atoms with Crippen molar-refractivity contribution in [3.63, 3.8) is 0 Å². The van der Waals surface area contributed by atoms with E-state index in [1.54, 1.807) is 0 Å². The molecule has 0 bridgehead atoms. The molecule has 0 radical (unpaired) electrons. The van der Waals surface area contributed by atoms with E-state index in [2.05, 4.69) is 0 Å². The van der Waals surface area contributed by atoms with Crippen LogP contribution in [0.15, 0.2) is 121 Å². The van der Waals surface area contributed by atoms with Crippen molar-refractivity contribution in [3.05, 3.63) is 144 Å². The Kier molecular flexibility index (Phi) is 14.0. The maximum Gasteiger partial charge on any atom is 0.306 e. The Morgan fingerprint density at radius 3 is 0.983 bits per heavy atom. The molecule has 1 spiro atoms. The predicted octanol–water partition coefficient (Wildman–Crippen LogP) is 7.62. The molecular weight excluding hydrogens is 737 g/mol. The van der Waals surface area contributed by atoms with Crippen molar-refractivity contribution < 1.29 is 47.6 Å². The molecular formula is C48H52O10. The fourth-order valence-electron chi connectivity index (χ4n) is 8.18. The topological polar surface area (TPSA) is 124 Å². The predicted molar refractivity (Wildman–Crippen MR) is 214 cm³/mol. The molecule has 4 aromatic carbocycles. The SMILES string of the molecule is O=C(CCc1ccccc1)OC1C(OC(=O)CCc2ccccc2)[C@H](OC(=O)CCc2ccccc2)C2OC3(CCCCC3)OC2[C@@H]1OC(=O)CCc1ccccc1. The van der Waals surface area contributed by atoms with Gasteiger partial charge in [0.05, 0.1) is 0 Å². The maximum absolute atomic E-state index is 13.9. The number of esters is 4. The lowest BCUT2D eigenvalue weighted by atomic mass is 9.84. The highest BCUT2D eigenvalue weighted by Gasteiger charge is 2.65. The molecule has 1 heterocycles. The fraction of sp³-hybridized carbons (Fsp3) is 0.417. The number of hydrogen-bond donors (Lipinski definition) is 0. The minimum atomic E-state index is -1.37. The summed E-state index contributed by atoms with van der Waals surface area (Å²) in [4.78, 5) is 55.3. The van der Waals surface area contributed by atoms with E-state index in [1.165, 1.54) is 0 Å². The first-order chi connectivity index (χ1) is 28.3. The van der Waals surface area contributed by atoms with Crippen molar-refractivity contribution in [2.24, 2.45) is 0 Å². The molecule has 10 nitrogen and oxygen atoms in total. The molecule has 7 rings (SSSR count). The van der Waals surface area contributed by atoms with Gasteiger partial charge in [-0.1, -0.05) is 128 Å². The van der Waals surface area contributed by atoms with Crippen LogP contribution in [0, 0.1) is 0 Å². The highest BCUT2D eigenvalue weighted by atomic mass is 16.8. The van der Waals surface area contributed by atoms with Crippen LogP contribution in [0.4, 0.5) is 0 Å². The van der Waals surface area contributed by atoms with Gasteiger partial charge in [0.15, 0.2) is 30.2 Å². The molecule has 6 atom stereocenters. The van der Waals surface area contributed by atoms with Crippen LogP contribution in [0.25, 0.3) is 0 Å². The third kappa shape index (κ3) is 11.0. The van der Waals surface area contributed by atoms with Gasteiger partial charge in [-0.2, -0.15) is 0 Å². The van der Waals surface area contributed by atoms with Crippen LogP contribution < -0.4 is 0 Å². The molecule has 3 fully saturated rings. The van der Waals surface area contributed by atoms with Crippen LogP contribution in [0.2, 0.25) is 0 Å². The number of carbonyl (C=O) groups excluding carboxylic acids is 4. The van der Waals surface area contributed by atoms with Gasteiger partial charge in [-0.3, -0.25) is 19.2 Å². The zero-order chi connectivity index (χ0) is 40.2. The Bertz CT molecular complexity index is 1800. The molecule has 304 valence electrons. The van der Waals surface area contributed by atoms with Gasteiger partial charge < -0.3 is 28.4 Å². The highest BCUT2D eigenvalue weighted by molar-refractivity contribution is 5.73. The van der Waals surface area contributed by atoms with Crippen LogP contribution in [0.1, 0.15) is 80.0 Å². The number of carbonyl (C=O) groups is 4. The van der Waals surface area contributed by atoms with Gasteiger partial charge in [0.2, 0.25) is 0 Å². The fourth-order valence-corrected chi connectivity index (χ4v) is 8.18. The second-order valence-electron chi connectivity index (χ2n) is 15.4. The van der Waals surface area contributed by atoms with Gasteiger partial charge in [0, 0.05) is 38.5 Å². The van der Waals surface area contributed by atoms with Crippen molar-refractivity contribution >= 4 is 23.9 Å². The summed E-state index contributed by atoms with van der Waals surface area (Å²) in [7, 11) is 0. The van der Waals surface area contributed by atoms with E-state index in [4.69, 9.17) is 28.4 Å². The lowest BCUT2D eigenvalue weighted by Gasteiger charge is -2.44. The number of benzene rings is 4. The third-order valence-corrected chi connectivity index (χ3v) is 11.2. The molecule has 4 unspecified atom stereocenters. The van der Waals surface area contributed by atoms with Crippen molar-refractivity contribution in [2.75, 3.05) is 0 Å². The number of fused-ring (bicyclic) bond motifs is 1. The first kappa shape index (κ1) is 40.9. The Hall–Kier alpha value is -5.32. The highest BCUT2D eigenvalue weighted by Crippen LogP contribution is 2.47. The number of aryl methyl sites for hydroxylation is 4. The molecule has 58 heavy (non-hydrogen) atoms. The first-order valence-electron chi connectivity index (χ1n) is 20.6. The van der Waals surface area contributed by atoms with Gasteiger partial charge in [0.25, 0.3) is 0 Å². The quantitative estimate of drug-likeness (QED) is 0.0828. The van der Waals surface area contributed by atoms with Crippen molar-refractivity contribution in [1.82, 2.24) is 0 Å². The second-order valence-corrected chi connectivity index (χ2v) is 15.4. The minimum Gasteiger partial charge on any atom is -0.455 e. The van der Waals surface area contributed by atoms with Crippen LogP contribution in [-0.2, 0) is 73.3 Å². The Morgan fingerprint density at radius 2 is 0.690 bits per heavy atom. The van der Waals surface area contributed by atoms with Gasteiger partial charge in [-0.25, -0.2) is 0 Å². The number of ether oxygens (including phenoxy) is 6. The Morgan fingerprint density at radius 1 is 0.414 bits per heavy atom. The molecule has 3 aliphatic rings. The largest absolute Gasteiger partial charge is 0.455 e. The van der Waals surface area contributed by atoms with E-state index in [-0.39, 0.29) is 25.7 Å². The second kappa shape index (κ2) is 19.9. The average Bonchev–Trinajstić information content (AvgIpc) is 3.62. The molecule has 4 aromatic rings. The van der Waals surface area contributed by atoms with E-state index in [9.17, 15) is 19.2 Å². The van der Waals surface area contributed by atoms with Gasteiger partial charge in [0.1, 0.15) is 12.2 Å². The van der Waals surface area contributed by atoms with Crippen LogP contribution >= 0.6 is 0 Å². The molecule has 0 N–H and O–H groups in total. The van der Waals surface area contributed by atoms with E-state index < -0.39 is 66.3 Å². The summed E-state index contributed by atoms with van der Waals surface area (Å²) in [5.74, 6) is -3.31.